The molecule has 2 N–H and O–H groups in total. The van der Waals surface area contributed by atoms with Crippen molar-refractivity contribution in [3.8, 4) is 5.75 Å². The zero-order valence-electron chi connectivity index (χ0n) is 17.2. The number of amides is 1. The summed E-state index contributed by atoms with van der Waals surface area (Å²) in [5.41, 5.74) is 0. The summed E-state index contributed by atoms with van der Waals surface area (Å²) in [5.74, 6) is 1.90. The fourth-order valence-corrected chi connectivity index (χ4v) is 5.07. The van der Waals surface area contributed by atoms with Crippen LogP contribution in [0.15, 0.2) is 24.3 Å². The molecule has 7 nitrogen and oxygen atoms in total. The second kappa shape index (κ2) is 11.0. The molecule has 4 rings (SSSR count). The number of likely N-dealkylation sites (tertiary alicyclic amines) is 2. The number of hydrogen-bond donors (Lipinski definition) is 2. The number of fused-ring (bicyclic) bond motifs is 1. The van der Waals surface area contributed by atoms with E-state index in [2.05, 4.69) is 4.90 Å². The molecule has 0 aromatic heterocycles. The van der Waals surface area contributed by atoms with Crippen molar-refractivity contribution >= 4 is 24.0 Å². The highest BCUT2D eigenvalue weighted by molar-refractivity contribution is 6.30. The standard InChI is InChI=1S/C21H29ClN2O3.CH2O2/c22-17-5-4-6-18(11-17)27-20-10-16-13-23(12-15(16)9-19(20)25)14-21(26)24-7-2-1-3-8-24;2-1-3/h4-6,11,15-16,19-20,25H,1-3,7-10,12-14H2;1H,(H,2,3)/t15-,16+,19+,20+;/m0./s1. The molecule has 3 fully saturated rings. The zero-order valence-corrected chi connectivity index (χ0v) is 17.9. The van der Waals surface area contributed by atoms with Gasteiger partial charge in [0.1, 0.15) is 11.9 Å². The fraction of sp³-hybridized carbons (Fsp3) is 0.636. The molecular weight excluding hydrogens is 408 g/mol. The van der Waals surface area contributed by atoms with Crippen LogP contribution in [0.3, 0.4) is 0 Å². The van der Waals surface area contributed by atoms with Crippen LogP contribution in [-0.4, -0.2) is 77.3 Å². The Morgan fingerprint density at radius 2 is 1.83 bits per heavy atom. The zero-order chi connectivity index (χ0) is 21.5. The summed E-state index contributed by atoms with van der Waals surface area (Å²) in [6, 6.07) is 7.34. The summed E-state index contributed by atoms with van der Waals surface area (Å²) in [4.78, 5) is 25.2. The highest BCUT2D eigenvalue weighted by Crippen LogP contribution is 2.38. The molecule has 2 aliphatic heterocycles. The molecule has 3 aliphatic rings. The Hall–Kier alpha value is -1.83. The number of benzene rings is 1. The van der Waals surface area contributed by atoms with Gasteiger partial charge in [-0.15, -0.1) is 0 Å². The number of carbonyl (C=O) groups is 2. The van der Waals surface area contributed by atoms with E-state index in [4.69, 9.17) is 26.2 Å². The average Bonchev–Trinajstić information content (AvgIpc) is 3.10. The van der Waals surface area contributed by atoms with Gasteiger partial charge in [0.15, 0.2) is 0 Å². The minimum atomic E-state index is -0.469. The maximum Gasteiger partial charge on any atom is 0.290 e. The predicted octanol–water partition coefficient (Wildman–Crippen LogP) is 2.50. The average molecular weight is 439 g/mol. The molecule has 166 valence electrons. The highest BCUT2D eigenvalue weighted by Gasteiger charge is 2.43. The monoisotopic (exact) mass is 438 g/mol. The Balaban J connectivity index is 0.000000806. The van der Waals surface area contributed by atoms with Gasteiger partial charge in [0.05, 0.1) is 12.6 Å². The van der Waals surface area contributed by atoms with Crippen LogP contribution in [0.25, 0.3) is 0 Å². The third-order valence-electron chi connectivity index (χ3n) is 6.31. The van der Waals surface area contributed by atoms with Gasteiger partial charge in [0.25, 0.3) is 6.47 Å². The fourth-order valence-electron chi connectivity index (χ4n) is 4.89. The van der Waals surface area contributed by atoms with Gasteiger partial charge in [0.2, 0.25) is 5.91 Å². The van der Waals surface area contributed by atoms with Crippen molar-refractivity contribution in [3.05, 3.63) is 29.3 Å². The number of nitrogens with zero attached hydrogens (tertiary/aromatic N) is 2. The molecule has 0 radical (unpaired) electrons. The lowest BCUT2D eigenvalue weighted by Crippen LogP contribution is -2.42. The first kappa shape index (κ1) is 22.8. The maximum absolute atomic E-state index is 12.6. The van der Waals surface area contributed by atoms with Crippen LogP contribution in [0.1, 0.15) is 32.1 Å². The van der Waals surface area contributed by atoms with Crippen LogP contribution in [-0.2, 0) is 9.59 Å². The highest BCUT2D eigenvalue weighted by atomic mass is 35.5. The minimum absolute atomic E-state index is 0.206. The number of carboxylic acid groups (broad SMARTS) is 1. The Kier molecular flexibility index (Phi) is 8.36. The van der Waals surface area contributed by atoms with Crippen molar-refractivity contribution in [2.75, 3.05) is 32.7 Å². The molecular formula is C22H31ClN2O5. The van der Waals surface area contributed by atoms with E-state index in [0.717, 1.165) is 51.9 Å². The van der Waals surface area contributed by atoms with E-state index in [1.807, 2.05) is 23.1 Å². The Morgan fingerprint density at radius 3 is 2.50 bits per heavy atom. The van der Waals surface area contributed by atoms with E-state index < -0.39 is 6.10 Å². The van der Waals surface area contributed by atoms with Crippen LogP contribution in [0.4, 0.5) is 0 Å². The quantitative estimate of drug-likeness (QED) is 0.702. The van der Waals surface area contributed by atoms with E-state index in [-0.39, 0.29) is 18.5 Å². The molecule has 0 spiro atoms. The van der Waals surface area contributed by atoms with Gasteiger partial charge >= 0.3 is 0 Å². The third-order valence-corrected chi connectivity index (χ3v) is 6.55. The van der Waals surface area contributed by atoms with E-state index in [1.165, 1.54) is 6.42 Å². The molecule has 0 bridgehead atoms. The summed E-state index contributed by atoms with van der Waals surface area (Å²) in [7, 11) is 0. The van der Waals surface area contributed by atoms with Crippen LogP contribution in [0.2, 0.25) is 5.02 Å². The summed E-state index contributed by atoms with van der Waals surface area (Å²) >= 11 is 6.03. The van der Waals surface area contributed by atoms with Crippen molar-refractivity contribution in [1.29, 1.82) is 0 Å². The molecule has 1 aromatic rings. The molecule has 2 saturated heterocycles. The number of rotatable bonds is 4. The molecule has 0 unspecified atom stereocenters. The largest absolute Gasteiger partial charge is 0.488 e. The molecule has 1 aromatic carbocycles. The Bertz CT molecular complexity index is 713. The van der Waals surface area contributed by atoms with Crippen molar-refractivity contribution in [1.82, 2.24) is 9.80 Å². The normalized spacial score (nSPS) is 28.8. The van der Waals surface area contributed by atoms with Gasteiger partial charge in [-0.3, -0.25) is 14.5 Å². The van der Waals surface area contributed by atoms with E-state index in [9.17, 15) is 9.90 Å². The number of hydrogen-bond acceptors (Lipinski definition) is 5. The van der Waals surface area contributed by atoms with Gasteiger partial charge in [0, 0.05) is 31.2 Å². The van der Waals surface area contributed by atoms with Crippen molar-refractivity contribution in [3.63, 3.8) is 0 Å². The second-order valence-corrected chi connectivity index (χ2v) is 8.85. The summed E-state index contributed by atoms with van der Waals surface area (Å²) in [6.45, 7) is 3.92. The van der Waals surface area contributed by atoms with Gasteiger partial charge in [-0.1, -0.05) is 17.7 Å². The third kappa shape index (κ3) is 6.09. The van der Waals surface area contributed by atoms with E-state index >= 15 is 0 Å². The van der Waals surface area contributed by atoms with Crippen molar-refractivity contribution in [2.24, 2.45) is 11.8 Å². The Labute approximate surface area is 182 Å². The molecule has 8 heteroatoms. The van der Waals surface area contributed by atoms with Crippen LogP contribution < -0.4 is 4.74 Å². The lowest BCUT2D eigenvalue weighted by molar-refractivity contribution is -0.133. The number of piperidine rings is 1. The maximum atomic E-state index is 12.6. The van der Waals surface area contributed by atoms with Crippen LogP contribution in [0, 0.1) is 11.8 Å². The Morgan fingerprint density at radius 1 is 1.17 bits per heavy atom. The number of carbonyl (C=O) groups excluding carboxylic acids is 1. The first-order valence-corrected chi connectivity index (χ1v) is 11.1. The number of aliphatic hydroxyl groups is 1. The SMILES string of the molecule is O=C(CN1C[C@H]2C[C@@H](Oc3cccc(Cl)c3)[C@H](O)C[C@H]2C1)N1CCCCC1.O=CO. The smallest absolute Gasteiger partial charge is 0.290 e. The second-order valence-electron chi connectivity index (χ2n) is 8.41. The molecule has 30 heavy (non-hydrogen) atoms. The predicted molar refractivity (Wildman–Crippen MR) is 114 cm³/mol. The lowest BCUT2D eigenvalue weighted by Gasteiger charge is -2.35. The summed E-state index contributed by atoms with van der Waals surface area (Å²) in [5, 5.41) is 18.1. The van der Waals surface area contributed by atoms with E-state index in [1.54, 1.807) is 6.07 Å². The molecule has 1 saturated carbocycles. The first-order chi connectivity index (χ1) is 14.5. The molecule has 1 aliphatic carbocycles. The minimum Gasteiger partial charge on any atom is -0.488 e. The number of aliphatic hydroxyl groups excluding tert-OH is 1. The summed E-state index contributed by atoms with van der Waals surface area (Å²) in [6.07, 6.45) is 4.39. The van der Waals surface area contributed by atoms with Crippen LogP contribution in [0.5, 0.6) is 5.75 Å². The summed E-state index contributed by atoms with van der Waals surface area (Å²) < 4.78 is 6.04. The number of halogens is 1. The van der Waals surface area contributed by atoms with Crippen molar-refractivity contribution < 1.29 is 24.5 Å². The first-order valence-electron chi connectivity index (χ1n) is 10.7. The van der Waals surface area contributed by atoms with Crippen molar-refractivity contribution in [2.45, 2.75) is 44.3 Å². The lowest BCUT2D eigenvalue weighted by atomic mass is 9.78. The van der Waals surface area contributed by atoms with Gasteiger partial charge in [-0.25, -0.2) is 0 Å². The van der Waals surface area contributed by atoms with Gasteiger partial charge in [-0.05, 0) is 62.1 Å². The van der Waals surface area contributed by atoms with Gasteiger partial charge in [-0.2, -0.15) is 0 Å². The topological polar surface area (TPSA) is 90.3 Å². The van der Waals surface area contributed by atoms with E-state index in [0.29, 0.717) is 29.2 Å². The van der Waals surface area contributed by atoms with Crippen LogP contribution >= 0.6 is 11.6 Å². The molecule has 2 heterocycles. The number of ether oxygens (including phenoxy) is 1. The molecule has 4 atom stereocenters. The van der Waals surface area contributed by atoms with Gasteiger partial charge < -0.3 is 19.8 Å². The molecule has 1 amide bonds.